The van der Waals surface area contributed by atoms with Crippen LogP contribution in [0.3, 0.4) is 0 Å². The molecule has 0 saturated carbocycles. The smallest absolute Gasteiger partial charge is 0.272 e. The summed E-state index contributed by atoms with van der Waals surface area (Å²) in [5, 5.41) is 4.91. The first kappa shape index (κ1) is 19.7. The number of carbonyl (C=O) groups is 1. The third-order valence-corrected chi connectivity index (χ3v) is 5.60. The molecular formula is C23H25N3O4. The fourth-order valence-electron chi connectivity index (χ4n) is 3.96. The number of ether oxygens (including phenoxy) is 3. The van der Waals surface area contributed by atoms with Gasteiger partial charge in [0.25, 0.3) is 5.91 Å². The van der Waals surface area contributed by atoms with Gasteiger partial charge in [0.15, 0.2) is 11.5 Å². The Hall–Kier alpha value is -3.61. The molecule has 1 N–H and O–H groups in total. The maximum atomic E-state index is 13.1. The number of fused-ring (bicyclic) bond motifs is 2. The Bertz CT molecular complexity index is 1280. The molecule has 7 heteroatoms. The molecule has 0 aliphatic rings. The molecule has 0 unspecified atom stereocenters. The molecule has 0 aliphatic carbocycles. The van der Waals surface area contributed by atoms with Crippen molar-refractivity contribution in [3.8, 4) is 17.2 Å². The maximum Gasteiger partial charge on any atom is 0.272 e. The fourth-order valence-corrected chi connectivity index (χ4v) is 3.96. The van der Waals surface area contributed by atoms with E-state index < -0.39 is 0 Å². The quantitative estimate of drug-likeness (QED) is 0.537. The average molecular weight is 407 g/mol. The maximum absolute atomic E-state index is 13.1. The van der Waals surface area contributed by atoms with Crippen LogP contribution >= 0.6 is 0 Å². The Labute approximate surface area is 174 Å². The lowest BCUT2D eigenvalue weighted by molar-refractivity contribution is 0.101. The van der Waals surface area contributed by atoms with E-state index >= 15 is 0 Å². The van der Waals surface area contributed by atoms with Crippen LogP contribution in [-0.2, 0) is 14.1 Å². The number of aryl methyl sites for hydroxylation is 3. The molecule has 2 aromatic carbocycles. The van der Waals surface area contributed by atoms with Crippen LogP contribution < -0.4 is 19.5 Å². The van der Waals surface area contributed by atoms with Crippen LogP contribution in [0.15, 0.2) is 36.4 Å². The lowest BCUT2D eigenvalue weighted by Gasteiger charge is -2.14. The summed E-state index contributed by atoms with van der Waals surface area (Å²) in [4.78, 5) is 13.1. The molecule has 0 bridgehead atoms. The van der Waals surface area contributed by atoms with Gasteiger partial charge in [0.2, 0.25) is 5.75 Å². The normalized spacial score (nSPS) is 11.1. The highest BCUT2D eigenvalue weighted by atomic mass is 16.5. The Morgan fingerprint density at radius 2 is 1.60 bits per heavy atom. The van der Waals surface area contributed by atoms with E-state index in [0.717, 1.165) is 33.2 Å². The molecule has 30 heavy (non-hydrogen) atoms. The second kappa shape index (κ2) is 7.33. The number of amides is 1. The van der Waals surface area contributed by atoms with E-state index in [2.05, 4.69) is 22.9 Å². The van der Waals surface area contributed by atoms with Crippen LogP contribution in [0.4, 0.5) is 5.69 Å². The summed E-state index contributed by atoms with van der Waals surface area (Å²) in [5.41, 5.74) is 4.29. The van der Waals surface area contributed by atoms with Crippen molar-refractivity contribution < 1.29 is 19.0 Å². The van der Waals surface area contributed by atoms with E-state index in [1.54, 1.807) is 25.9 Å². The molecule has 4 aromatic rings. The largest absolute Gasteiger partial charge is 0.493 e. The summed E-state index contributed by atoms with van der Waals surface area (Å²) >= 11 is 0. The van der Waals surface area contributed by atoms with E-state index in [0.29, 0.717) is 22.9 Å². The number of nitrogens with one attached hydrogen (secondary N) is 1. The standard InChI is InChI=1S/C23H25N3O4/c1-13-9-14-10-16(7-8-17(14)25(13)2)24-23(27)18-11-15-12-19(28-4)21(29-5)22(30-6)20(15)26(18)3/h7-12H,1-6H3,(H,24,27). The molecular weight excluding hydrogens is 382 g/mol. The van der Waals surface area contributed by atoms with Crippen molar-refractivity contribution in [3.63, 3.8) is 0 Å². The zero-order valence-corrected chi connectivity index (χ0v) is 18.0. The third kappa shape index (κ3) is 2.94. The number of nitrogens with zero attached hydrogens (tertiary/aromatic N) is 2. The number of hydrogen-bond acceptors (Lipinski definition) is 4. The average Bonchev–Trinajstić information content (AvgIpc) is 3.22. The Balaban J connectivity index is 1.75. The molecule has 0 radical (unpaired) electrons. The molecule has 0 fully saturated rings. The number of carbonyl (C=O) groups excluding carboxylic acids is 1. The fraction of sp³-hybridized carbons (Fsp3) is 0.261. The molecule has 4 rings (SSSR count). The summed E-state index contributed by atoms with van der Waals surface area (Å²) in [6.07, 6.45) is 0. The van der Waals surface area contributed by atoms with Crippen molar-refractivity contribution in [2.45, 2.75) is 6.92 Å². The van der Waals surface area contributed by atoms with Crippen molar-refractivity contribution in [1.82, 2.24) is 9.13 Å². The summed E-state index contributed by atoms with van der Waals surface area (Å²) in [6.45, 7) is 2.06. The number of rotatable bonds is 5. The van der Waals surface area contributed by atoms with Gasteiger partial charge in [0, 0.05) is 41.8 Å². The molecule has 2 heterocycles. The van der Waals surface area contributed by atoms with Crippen LogP contribution in [0.5, 0.6) is 17.2 Å². The molecule has 0 aliphatic heterocycles. The first-order chi connectivity index (χ1) is 14.4. The van der Waals surface area contributed by atoms with Gasteiger partial charge in [-0.1, -0.05) is 0 Å². The van der Waals surface area contributed by atoms with E-state index in [1.807, 2.05) is 44.4 Å². The number of methoxy groups -OCH3 is 3. The van der Waals surface area contributed by atoms with Gasteiger partial charge >= 0.3 is 0 Å². The number of benzene rings is 2. The minimum atomic E-state index is -0.208. The molecule has 156 valence electrons. The zero-order valence-electron chi connectivity index (χ0n) is 18.0. The van der Waals surface area contributed by atoms with Gasteiger partial charge in [0.1, 0.15) is 5.69 Å². The summed E-state index contributed by atoms with van der Waals surface area (Å²) in [6, 6.07) is 11.7. The first-order valence-electron chi connectivity index (χ1n) is 9.55. The van der Waals surface area contributed by atoms with Gasteiger partial charge < -0.3 is 28.7 Å². The molecule has 0 atom stereocenters. The van der Waals surface area contributed by atoms with Crippen LogP contribution in [0.25, 0.3) is 21.8 Å². The Kier molecular flexibility index (Phi) is 4.81. The van der Waals surface area contributed by atoms with Gasteiger partial charge in [-0.05, 0) is 43.3 Å². The van der Waals surface area contributed by atoms with Crippen LogP contribution in [0.2, 0.25) is 0 Å². The van der Waals surface area contributed by atoms with E-state index in [4.69, 9.17) is 14.2 Å². The van der Waals surface area contributed by atoms with Gasteiger partial charge in [-0.15, -0.1) is 0 Å². The summed E-state index contributed by atoms with van der Waals surface area (Å²) < 4.78 is 20.4. The van der Waals surface area contributed by atoms with Crippen molar-refractivity contribution in [3.05, 3.63) is 47.8 Å². The first-order valence-corrected chi connectivity index (χ1v) is 9.55. The lowest BCUT2D eigenvalue weighted by Crippen LogP contribution is -2.15. The van der Waals surface area contributed by atoms with Crippen LogP contribution in [0.1, 0.15) is 16.2 Å². The topological polar surface area (TPSA) is 66.7 Å². The SMILES string of the molecule is COc1cc2cc(C(=O)Nc3ccc4c(c3)cc(C)n4C)n(C)c2c(OC)c1OC. The van der Waals surface area contributed by atoms with Crippen molar-refractivity contribution in [2.24, 2.45) is 14.1 Å². The molecule has 7 nitrogen and oxygen atoms in total. The summed E-state index contributed by atoms with van der Waals surface area (Å²) in [7, 11) is 8.56. The second-order valence-electron chi connectivity index (χ2n) is 7.24. The molecule has 0 saturated heterocycles. The van der Waals surface area contributed by atoms with Gasteiger partial charge in [-0.3, -0.25) is 4.79 Å². The third-order valence-electron chi connectivity index (χ3n) is 5.60. The van der Waals surface area contributed by atoms with Crippen molar-refractivity contribution >= 4 is 33.4 Å². The number of anilines is 1. The van der Waals surface area contributed by atoms with Crippen molar-refractivity contribution in [1.29, 1.82) is 0 Å². The van der Waals surface area contributed by atoms with Crippen LogP contribution in [0, 0.1) is 6.92 Å². The van der Waals surface area contributed by atoms with Gasteiger partial charge in [-0.25, -0.2) is 0 Å². The number of hydrogen-bond donors (Lipinski definition) is 1. The molecule has 0 spiro atoms. The van der Waals surface area contributed by atoms with Gasteiger partial charge in [0.05, 0.1) is 26.8 Å². The predicted molar refractivity (Wildman–Crippen MR) is 118 cm³/mol. The monoisotopic (exact) mass is 407 g/mol. The number of aromatic nitrogens is 2. The summed E-state index contributed by atoms with van der Waals surface area (Å²) in [5.74, 6) is 1.35. The minimum Gasteiger partial charge on any atom is -0.493 e. The van der Waals surface area contributed by atoms with Crippen molar-refractivity contribution in [2.75, 3.05) is 26.6 Å². The predicted octanol–water partition coefficient (Wildman–Crippen LogP) is 4.26. The highest BCUT2D eigenvalue weighted by Gasteiger charge is 2.22. The minimum absolute atomic E-state index is 0.208. The highest BCUT2D eigenvalue weighted by Crippen LogP contribution is 2.44. The van der Waals surface area contributed by atoms with E-state index in [-0.39, 0.29) is 5.91 Å². The second-order valence-corrected chi connectivity index (χ2v) is 7.24. The van der Waals surface area contributed by atoms with Gasteiger partial charge in [-0.2, -0.15) is 0 Å². The lowest BCUT2D eigenvalue weighted by atomic mass is 10.2. The van der Waals surface area contributed by atoms with E-state index in [1.165, 1.54) is 0 Å². The highest BCUT2D eigenvalue weighted by molar-refractivity contribution is 6.08. The van der Waals surface area contributed by atoms with E-state index in [9.17, 15) is 4.79 Å². The zero-order chi connectivity index (χ0) is 21.6. The molecule has 2 aromatic heterocycles. The van der Waals surface area contributed by atoms with Crippen LogP contribution in [-0.4, -0.2) is 36.4 Å². The Morgan fingerprint density at radius 3 is 2.27 bits per heavy atom. The molecule has 1 amide bonds. The Morgan fingerprint density at radius 1 is 0.867 bits per heavy atom.